The maximum absolute atomic E-state index is 12.2. The summed E-state index contributed by atoms with van der Waals surface area (Å²) in [4.78, 5) is 17.1. The van der Waals surface area contributed by atoms with Crippen LogP contribution in [0.2, 0.25) is 0 Å². The van der Waals surface area contributed by atoms with Crippen LogP contribution in [0.3, 0.4) is 0 Å². The summed E-state index contributed by atoms with van der Waals surface area (Å²) in [6, 6.07) is 21.6. The van der Waals surface area contributed by atoms with Crippen molar-refractivity contribution in [3.63, 3.8) is 0 Å². The van der Waals surface area contributed by atoms with Gasteiger partial charge in [-0.2, -0.15) is 4.98 Å². The van der Waals surface area contributed by atoms with E-state index in [9.17, 15) is 4.79 Å². The minimum absolute atomic E-state index is 0.366. The van der Waals surface area contributed by atoms with E-state index in [-0.39, 0.29) is 5.97 Å². The molecular weight excluding hydrogens is 390 g/mol. The van der Waals surface area contributed by atoms with E-state index in [1.54, 1.807) is 6.07 Å². The number of aromatic nitrogens is 4. The number of anilines is 1. The molecule has 0 unspecified atom stereocenters. The van der Waals surface area contributed by atoms with Crippen molar-refractivity contribution in [1.29, 1.82) is 0 Å². The molecular formula is C24H21N5O2. The lowest BCUT2D eigenvalue weighted by molar-refractivity contribution is 0.0603. The molecule has 154 valence electrons. The van der Waals surface area contributed by atoms with Crippen LogP contribution in [-0.2, 0) is 11.3 Å². The molecule has 0 saturated heterocycles. The summed E-state index contributed by atoms with van der Waals surface area (Å²) < 4.78 is 8.71. The van der Waals surface area contributed by atoms with Gasteiger partial charge < -0.3 is 10.1 Å². The van der Waals surface area contributed by atoms with E-state index >= 15 is 0 Å². The van der Waals surface area contributed by atoms with Gasteiger partial charge in [-0.3, -0.25) is 4.57 Å². The first-order valence-electron chi connectivity index (χ1n) is 9.98. The molecule has 3 heterocycles. The van der Waals surface area contributed by atoms with Gasteiger partial charge in [0.1, 0.15) is 5.52 Å². The summed E-state index contributed by atoms with van der Waals surface area (Å²) in [6.45, 7) is 2.62. The Morgan fingerprint density at radius 3 is 2.65 bits per heavy atom. The lowest BCUT2D eigenvalue weighted by Crippen LogP contribution is -2.11. The lowest BCUT2D eigenvalue weighted by Gasteiger charge is -2.12. The minimum Gasteiger partial charge on any atom is -0.465 e. The largest absolute Gasteiger partial charge is 0.465 e. The third kappa shape index (κ3) is 3.30. The maximum atomic E-state index is 12.2. The van der Waals surface area contributed by atoms with Gasteiger partial charge in [0.05, 0.1) is 18.2 Å². The molecule has 0 bridgehead atoms. The second kappa shape index (κ2) is 7.60. The summed E-state index contributed by atoms with van der Waals surface area (Å²) in [5.41, 5.74) is 4.35. The van der Waals surface area contributed by atoms with Crippen LogP contribution < -0.4 is 5.32 Å². The molecule has 1 N–H and O–H groups in total. The van der Waals surface area contributed by atoms with Gasteiger partial charge in [0.25, 0.3) is 5.95 Å². The quantitative estimate of drug-likeness (QED) is 0.435. The van der Waals surface area contributed by atoms with Gasteiger partial charge in [-0.05, 0) is 42.8 Å². The fraction of sp³-hybridized carbons (Fsp3) is 0.125. The summed E-state index contributed by atoms with van der Waals surface area (Å²) >= 11 is 0. The van der Waals surface area contributed by atoms with Crippen molar-refractivity contribution in [2.24, 2.45) is 0 Å². The number of methoxy groups -OCH3 is 1. The molecule has 3 aromatic heterocycles. The molecule has 0 aliphatic carbocycles. The topological polar surface area (TPSA) is 73.5 Å². The van der Waals surface area contributed by atoms with E-state index in [2.05, 4.69) is 17.4 Å². The average molecular weight is 411 g/mol. The van der Waals surface area contributed by atoms with E-state index in [0.717, 1.165) is 33.5 Å². The Kier molecular flexibility index (Phi) is 4.63. The molecule has 7 heteroatoms. The van der Waals surface area contributed by atoms with Crippen molar-refractivity contribution in [2.45, 2.75) is 13.5 Å². The molecule has 7 nitrogen and oxygen atoms in total. The first-order valence-corrected chi connectivity index (χ1v) is 9.98. The molecule has 0 saturated carbocycles. The second-order valence-electron chi connectivity index (χ2n) is 7.29. The number of esters is 1. The summed E-state index contributed by atoms with van der Waals surface area (Å²) in [7, 11) is 1.39. The van der Waals surface area contributed by atoms with E-state index in [4.69, 9.17) is 14.8 Å². The van der Waals surface area contributed by atoms with Crippen LogP contribution in [0.25, 0.3) is 22.4 Å². The maximum Gasteiger partial charge on any atom is 0.338 e. The highest BCUT2D eigenvalue weighted by Gasteiger charge is 2.18. The predicted molar refractivity (Wildman–Crippen MR) is 120 cm³/mol. The number of hydrogen-bond donors (Lipinski definition) is 1. The summed E-state index contributed by atoms with van der Waals surface area (Å²) in [5.74, 6) is 0.896. The SMILES string of the molecule is COC(=O)c1cccc2c1cc(C)n2-c1nc(NCc2ccccc2)c2cccn2n1. The third-order valence-corrected chi connectivity index (χ3v) is 5.32. The Hall–Kier alpha value is -4.13. The number of nitrogens with one attached hydrogen (secondary N) is 1. The van der Waals surface area contributed by atoms with Gasteiger partial charge >= 0.3 is 5.97 Å². The molecule has 31 heavy (non-hydrogen) atoms. The molecule has 0 atom stereocenters. The van der Waals surface area contributed by atoms with Crippen LogP contribution >= 0.6 is 0 Å². The van der Waals surface area contributed by atoms with Crippen LogP contribution in [0, 0.1) is 6.92 Å². The first-order chi connectivity index (χ1) is 15.2. The van der Waals surface area contributed by atoms with Crippen molar-refractivity contribution in [3.8, 4) is 5.95 Å². The van der Waals surface area contributed by atoms with Gasteiger partial charge in [-0.1, -0.05) is 36.4 Å². The number of rotatable bonds is 5. The van der Waals surface area contributed by atoms with Crippen LogP contribution in [-0.4, -0.2) is 32.2 Å². The summed E-state index contributed by atoms with van der Waals surface area (Å²) in [5, 5.41) is 8.96. The molecule has 0 amide bonds. The lowest BCUT2D eigenvalue weighted by atomic mass is 10.1. The van der Waals surface area contributed by atoms with Gasteiger partial charge in [0, 0.05) is 23.8 Å². The van der Waals surface area contributed by atoms with Gasteiger partial charge in [-0.15, -0.1) is 5.10 Å². The van der Waals surface area contributed by atoms with E-state index in [0.29, 0.717) is 18.1 Å². The van der Waals surface area contributed by atoms with Crippen molar-refractivity contribution in [1.82, 2.24) is 19.2 Å². The van der Waals surface area contributed by atoms with Crippen molar-refractivity contribution >= 4 is 28.2 Å². The van der Waals surface area contributed by atoms with E-state index in [1.807, 2.05) is 70.7 Å². The van der Waals surface area contributed by atoms with Crippen LogP contribution in [0.15, 0.2) is 72.9 Å². The highest BCUT2D eigenvalue weighted by Crippen LogP contribution is 2.27. The molecule has 0 aliphatic heterocycles. The van der Waals surface area contributed by atoms with Crippen LogP contribution in [0.4, 0.5) is 5.82 Å². The number of fused-ring (bicyclic) bond motifs is 2. The number of aryl methyl sites for hydroxylation is 1. The Morgan fingerprint density at radius 1 is 1.03 bits per heavy atom. The molecule has 0 fully saturated rings. The Balaban J connectivity index is 1.63. The Bertz CT molecular complexity index is 1400. The van der Waals surface area contributed by atoms with Crippen LogP contribution in [0.5, 0.6) is 0 Å². The number of carbonyl (C=O) groups is 1. The number of ether oxygens (including phenoxy) is 1. The summed E-state index contributed by atoms with van der Waals surface area (Å²) in [6.07, 6.45) is 1.90. The monoisotopic (exact) mass is 411 g/mol. The fourth-order valence-corrected chi connectivity index (χ4v) is 3.85. The standard InChI is InChI=1S/C24H21N5O2/c1-16-14-19-18(23(30)31-2)10-6-11-20(19)29(16)24-26-22(21-12-7-13-28(21)27-24)25-15-17-8-4-3-5-9-17/h3-14H,15H2,1-2H3,(H,25,26,27). The first kappa shape index (κ1) is 18.9. The van der Waals surface area contributed by atoms with Crippen molar-refractivity contribution in [3.05, 3.63) is 89.7 Å². The number of nitrogens with zero attached hydrogens (tertiary/aromatic N) is 4. The Labute approximate surface area is 178 Å². The van der Waals surface area contributed by atoms with E-state index in [1.165, 1.54) is 7.11 Å². The highest BCUT2D eigenvalue weighted by atomic mass is 16.5. The molecule has 0 spiro atoms. The van der Waals surface area contributed by atoms with E-state index < -0.39 is 0 Å². The predicted octanol–water partition coefficient (Wildman–Crippen LogP) is 4.38. The second-order valence-corrected chi connectivity index (χ2v) is 7.29. The Morgan fingerprint density at radius 2 is 1.84 bits per heavy atom. The van der Waals surface area contributed by atoms with Gasteiger partial charge in [0.15, 0.2) is 5.82 Å². The minimum atomic E-state index is -0.366. The normalized spacial score (nSPS) is 11.2. The fourth-order valence-electron chi connectivity index (χ4n) is 3.85. The van der Waals surface area contributed by atoms with Gasteiger partial charge in [0.2, 0.25) is 0 Å². The smallest absolute Gasteiger partial charge is 0.338 e. The zero-order chi connectivity index (χ0) is 21.4. The molecule has 0 radical (unpaired) electrons. The number of hydrogen-bond acceptors (Lipinski definition) is 5. The number of carbonyl (C=O) groups excluding carboxylic acids is 1. The zero-order valence-corrected chi connectivity index (χ0v) is 17.2. The van der Waals surface area contributed by atoms with Crippen LogP contribution in [0.1, 0.15) is 21.6 Å². The molecule has 5 rings (SSSR count). The van der Waals surface area contributed by atoms with Gasteiger partial charge in [-0.25, -0.2) is 9.31 Å². The average Bonchev–Trinajstić information content (AvgIpc) is 3.40. The number of benzene rings is 2. The van der Waals surface area contributed by atoms with Crippen molar-refractivity contribution in [2.75, 3.05) is 12.4 Å². The third-order valence-electron chi connectivity index (χ3n) is 5.32. The molecule has 0 aliphatic rings. The highest BCUT2D eigenvalue weighted by molar-refractivity contribution is 6.04. The van der Waals surface area contributed by atoms with Crippen molar-refractivity contribution < 1.29 is 9.53 Å². The molecule has 5 aromatic rings. The molecule has 2 aromatic carbocycles. The zero-order valence-electron chi connectivity index (χ0n) is 17.2.